The van der Waals surface area contributed by atoms with Crippen LogP contribution in [0.2, 0.25) is 10.0 Å². The van der Waals surface area contributed by atoms with Crippen LogP contribution in [-0.2, 0) is 6.54 Å². The molecular weight excluding hydrogens is 407 g/mol. The Hall–Kier alpha value is -2.82. The van der Waals surface area contributed by atoms with E-state index < -0.39 is 17.3 Å². The molecule has 146 valence electrons. The molecule has 4 nitrogen and oxygen atoms in total. The van der Waals surface area contributed by atoms with Crippen molar-refractivity contribution in [2.45, 2.75) is 19.5 Å². The van der Waals surface area contributed by atoms with Crippen LogP contribution in [0.5, 0.6) is 0 Å². The average Bonchev–Trinajstić information content (AvgIpc) is 2.72. The van der Waals surface area contributed by atoms with Crippen LogP contribution in [-0.4, -0.2) is 9.13 Å². The van der Waals surface area contributed by atoms with Crippen LogP contribution in [0.25, 0.3) is 10.9 Å². The monoisotopic (exact) mass is 424 g/mol. The zero-order valence-electron chi connectivity index (χ0n) is 15.7. The Kier molecular flexibility index (Phi) is 5.31. The number of aromatic nitrogens is 2. The highest BCUT2D eigenvalue weighted by Gasteiger charge is 2.21. The number of benzene rings is 3. The third-order valence-electron chi connectivity index (χ3n) is 5.05. The third kappa shape index (κ3) is 3.61. The van der Waals surface area contributed by atoms with E-state index in [0.717, 1.165) is 11.1 Å². The van der Waals surface area contributed by atoms with Crippen molar-refractivity contribution in [1.82, 2.24) is 9.13 Å². The summed E-state index contributed by atoms with van der Waals surface area (Å²) in [7, 11) is 0. The molecule has 1 heterocycles. The summed E-state index contributed by atoms with van der Waals surface area (Å²) in [5.74, 6) is 0. The van der Waals surface area contributed by atoms with Crippen LogP contribution >= 0.6 is 23.2 Å². The summed E-state index contributed by atoms with van der Waals surface area (Å²) in [6.07, 6.45) is 0. The second kappa shape index (κ2) is 7.90. The van der Waals surface area contributed by atoms with Crippen molar-refractivity contribution in [3.8, 4) is 0 Å². The molecule has 0 fully saturated rings. The van der Waals surface area contributed by atoms with Crippen LogP contribution in [0, 0.1) is 0 Å². The molecule has 0 amide bonds. The Morgan fingerprint density at radius 3 is 2.17 bits per heavy atom. The first-order valence-electron chi connectivity index (χ1n) is 9.20. The van der Waals surface area contributed by atoms with E-state index in [1.54, 1.807) is 10.6 Å². The van der Waals surface area contributed by atoms with Gasteiger partial charge in [-0.25, -0.2) is 4.79 Å². The molecule has 29 heavy (non-hydrogen) atoms. The Bertz CT molecular complexity index is 1300. The van der Waals surface area contributed by atoms with Gasteiger partial charge in [-0.1, -0.05) is 83.9 Å². The Balaban J connectivity index is 2.05. The zero-order valence-corrected chi connectivity index (χ0v) is 17.2. The molecule has 0 N–H and O–H groups in total. The first-order chi connectivity index (χ1) is 14.0. The molecule has 0 aliphatic heterocycles. The lowest BCUT2D eigenvalue weighted by Gasteiger charge is -2.20. The molecule has 6 heteroatoms. The van der Waals surface area contributed by atoms with E-state index in [-0.39, 0.29) is 10.4 Å². The zero-order chi connectivity index (χ0) is 20.5. The first-order valence-corrected chi connectivity index (χ1v) is 9.96. The summed E-state index contributed by atoms with van der Waals surface area (Å²) in [5.41, 5.74) is 1.40. The maximum absolute atomic E-state index is 13.5. The summed E-state index contributed by atoms with van der Waals surface area (Å²) in [6, 6.07) is 21.7. The SMILES string of the molecule is C[C@H](c1ccccc1)n1c(=O)c2c(Cl)cc(Cl)cc2n(Cc2ccccc2)c1=O. The van der Waals surface area contributed by atoms with Gasteiger partial charge >= 0.3 is 5.69 Å². The minimum absolute atomic E-state index is 0.230. The summed E-state index contributed by atoms with van der Waals surface area (Å²) in [5, 5.41) is 0.889. The van der Waals surface area contributed by atoms with E-state index in [9.17, 15) is 9.59 Å². The molecule has 0 saturated carbocycles. The standard InChI is InChI=1S/C23H18Cl2N2O2/c1-15(17-10-6-3-7-11-17)27-22(28)21-19(25)12-18(24)13-20(21)26(23(27)29)14-16-8-4-2-5-9-16/h2-13,15H,14H2,1H3/t15-/m1/s1. The summed E-state index contributed by atoms with van der Waals surface area (Å²) in [4.78, 5) is 26.8. The molecule has 0 bridgehead atoms. The fraction of sp³-hybridized carbons (Fsp3) is 0.130. The highest BCUT2D eigenvalue weighted by Crippen LogP contribution is 2.26. The maximum Gasteiger partial charge on any atom is 0.332 e. The molecule has 1 aromatic heterocycles. The third-order valence-corrected chi connectivity index (χ3v) is 5.56. The van der Waals surface area contributed by atoms with Crippen LogP contribution in [0.1, 0.15) is 24.1 Å². The molecule has 4 rings (SSSR count). The van der Waals surface area contributed by atoms with Crippen molar-refractivity contribution >= 4 is 34.1 Å². The number of halogens is 2. The minimum Gasteiger partial charge on any atom is -0.289 e. The second-order valence-electron chi connectivity index (χ2n) is 6.90. The van der Waals surface area contributed by atoms with E-state index >= 15 is 0 Å². The number of fused-ring (bicyclic) bond motifs is 1. The van der Waals surface area contributed by atoms with Gasteiger partial charge in [-0.3, -0.25) is 13.9 Å². The predicted molar refractivity (Wildman–Crippen MR) is 118 cm³/mol. The van der Waals surface area contributed by atoms with Crippen molar-refractivity contribution in [2.24, 2.45) is 0 Å². The normalized spacial score (nSPS) is 12.2. The number of rotatable bonds is 4. The lowest BCUT2D eigenvalue weighted by molar-refractivity contribution is 0.550. The fourth-order valence-corrected chi connectivity index (χ4v) is 4.13. The summed E-state index contributed by atoms with van der Waals surface area (Å²) in [6.45, 7) is 2.13. The predicted octanol–water partition coefficient (Wildman–Crippen LogP) is 5.13. The number of hydrogen-bond donors (Lipinski definition) is 0. The van der Waals surface area contributed by atoms with Gasteiger partial charge in [0.1, 0.15) is 0 Å². The van der Waals surface area contributed by atoms with E-state index in [0.29, 0.717) is 17.1 Å². The second-order valence-corrected chi connectivity index (χ2v) is 7.74. The van der Waals surface area contributed by atoms with Gasteiger partial charge in [-0.2, -0.15) is 0 Å². The summed E-state index contributed by atoms with van der Waals surface area (Å²) < 4.78 is 2.82. The van der Waals surface area contributed by atoms with Gasteiger partial charge in [0, 0.05) is 5.02 Å². The van der Waals surface area contributed by atoms with Gasteiger partial charge in [0.2, 0.25) is 0 Å². The number of nitrogens with zero attached hydrogens (tertiary/aromatic N) is 2. The quantitative estimate of drug-likeness (QED) is 0.455. The van der Waals surface area contributed by atoms with Crippen LogP contribution in [0.15, 0.2) is 82.4 Å². The van der Waals surface area contributed by atoms with Crippen LogP contribution in [0.4, 0.5) is 0 Å². The topological polar surface area (TPSA) is 44.0 Å². The van der Waals surface area contributed by atoms with Gasteiger partial charge in [0.05, 0.1) is 28.5 Å². The van der Waals surface area contributed by atoms with E-state index in [1.807, 2.05) is 67.6 Å². The largest absolute Gasteiger partial charge is 0.332 e. The first kappa shape index (κ1) is 19.5. The van der Waals surface area contributed by atoms with E-state index in [4.69, 9.17) is 23.2 Å². The molecule has 0 unspecified atom stereocenters. The van der Waals surface area contributed by atoms with Gasteiger partial charge in [-0.15, -0.1) is 0 Å². The Morgan fingerprint density at radius 1 is 0.897 bits per heavy atom. The summed E-state index contributed by atoms with van der Waals surface area (Å²) >= 11 is 12.6. The van der Waals surface area contributed by atoms with Gasteiger partial charge in [0.15, 0.2) is 0 Å². The van der Waals surface area contributed by atoms with Crippen molar-refractivity contribution in [2.75, 3.05) is 0 Å². The van der Waals surface area contributed by atoms with Gasteiger partial charge in [0.25, 0.3) is 5.56 Å². The fourth-order valence-electron chi connectivity index (χ4n) is 3.57. The molecule has 1 atom stereocenters. The average molecular weight is 425 g/mol. The lowest BCUT2D eigenvalue weighted by atomic mass is 10.1. The highest BCUT2D eigenvalue weighted by atomic mass is 35.5. The maximum atomic E-state index is 13.5. The van der Waals surface area contributed by atoms with Crippen molar-refractivity contribution in [3.05, 3.63) is 115 Å². The van der Waals surface area contributed by atoms with Crippen molar-refractivity contribution in [3.63, 3.8) is 0 Å². The molecule has 0 aliphatic rings. The highest BCUT2D eigenvalue weighted by molar-refractivity contribution is 6.38. The minimum atomic E-state index is -0.450. The van der Waals surface area contributed by atoms with Crippen molar-refractivity contribution < 1.29 is 0 Å². The van der Waals surface area contributed by atoms with Gasteiger partial charge in [-0.05, 0) is 30.2 Å². The molecule has 0 saturated heterocycles. The Labute approximate surface area is 177 Å². The van der Waals surface area contributed by atoms with Gasteiger partial charge < -0.3 is 0 Å². The Morgan fingerprint density at radius 2 is 1.52 bits per heavy atom. The molecular formula is C23H18Cl2N2O2. The molecule has 0 spiro atoms. The molecule has 0 radical (unpaired) electrons. The molecule has 3 aromatic carbocycles. The number of hydrogen-bond acceptors (Lipinski definition) is 2. The molecule has 0 aliphatic carbocycles. The lowest BCUT2D eigenvalue weighted by Crippen LogP contribution is -2.42. The van der Waals surface area contributed by atoms with E-state index in [1.165, 1.54) is 10.6 Å². The van der Waals surface area contributed by atoms with Crippen LogP contribution < -0.4 is 11.2 Å². The van der Waals surface area contributed by atoms with E-state index in [2.05, 4.69) is 0 Å². The molecule has 4 aromatic rings. The van der Waals surface area contributed by atoms with Crippen molar-refractivity contribution in [1.29, 1.82) is 0 Å². The van der Waals surface area contributed by atoms with Crippen LogP contribution in [0.3, 0.4) is 0 Å². The smallest absolute Gasteiger partial charge is 0.289 e.